The number of carbonyl (C=O) groups excluding carboxylic acids is 1. The van der Waals surface area contributed by atoms with Crippen molar-refractivity contribution in [1.29, 1.82) is 0 Å². The highest BCUT2D eigenvalue weighted by molar-refractivity contribution is 5.57. The predicted molar refractivity (Wildman–Crippen MR) is 155 cm³/mol. The lowest BCUT2D eigenvalue weighted by Crippen LogP contribution is -2.67. The average Bonchev–Trinajstić information content (AvgIpc) is 3.05. The normalized spacial score (nSPS) is 35.1. The Bertz CT molecular complexity index is 793. The second kappa shape index (κ2) is 21.1. The van der Waals surface area contributed by atoms with Crippen molar-refractivity contribution < 1.29 is 75.8 Å². The van der Waals surface area contributed by atoms with Gasteiger partial charge in [0.2, 0.25) is 0 Å². The van der Waals surface area contributed by atoms with Crippen LogP contribution in [0.1, 0.15) is 0 Å². The molecule has 0 aromatic heterocycles. The fourth-order valence-corrected chi connectivity index (χ4v) is 5.93. The number of hydrogen-bond donors (Lipinski definition) is 0. The zero-order valence-corrected chi connectivity index (χ0v) is 28.3. The number of methoxy groups -OCH3 is 11. The van der Waals surface area contributed by atoms with Crippen LogP contribution in [-0.4, -0.2) is 190 Å². The van der Waals surface area contributed by atoms with Crippen LogP contribution in [0.25, 0.3) is 0 Å². The van der Waals surface area contributed by atoms with E-state index >= 15 is 0 Å². The van der Waals surface area contributed by atoms with Gasteiger partial charge in [-0.05, 0) is 0 Å². The molecule has 0 aromatic rings. The minimum absolute atomic E-state index is 0.105. The molecular weight excluding hydrogens is 604 g/mol. The minimum atomic E-state index is -1.11. The third kappa shape index (κ3) is 9.81. The van der Waals surface area contributed by atoms with Crippen LogP contribution < -0.4 is 0 Å². The lowest BCUT2D eigenvalue weighted by atomic mass is 9.96. The van der Waals surface area contributed by atoms with E-state index in [0.29, 0.717) is 6.29 Å². The van der Waals surface area contributed by atoms with E-state index in [1.165, 1.54) is 56.9 Å². The first-order chi connectivity index (χ1) is 21.8. The van der Waals surface area contributed by atoms with E-state index in [4.69, 9.17) is 71.1 Å². The van der Waals surface area contributed by atoms with Crippen molar-refractivity contribution in [1.82, 2.24) is 0 Å². The third-order valence-electron chi connectivity index (χ3n) is 8.11. The van der Waals surface area contributed by atoms with Gasteiger partial charge in [0.15, 0.2) is 18.9 Å². The van der Waals surface area contributed by atoms with Gasteiger partial charge in [0.25, 0.3) is 0 Å². The number of hydrogen-bond acceptors (Lipinski definition) is 16. The quantitative estimate of drug-likeness (QED) is 0.137. The molecule has 0 spiro atoms. The summed E-state index contributed by atoms with van der Waals surface area (Å²) in [6, 6.07) is 0. The molecule has 45 heavy (non-hydrogen) atoms. The van der Waals surface area contributed by atoms with Gasteiger partial charge in [0.1, 0.15) is 73.2 Å². The molecule has 2 saturated heterocycles. The van der Waals surface area contributed by atoms with Gasteiger partial charge in [-0.3, -0.25) is 0 Å². The highest BCUT2D eigenvalue weighted by Crippen LogP contribution is 2.35. The van der Waals surface area contributed by atoms with E-state index < -0.39 is 85.8 Å². The smallest absolute Gasteiger partial charge is 0.187 e. The Kier molecular flexibility index (Phi) is 18.9. The van der Waals surface area contributed by atoms with Crippen molar-refractivity contribution in [3.05, 3.63) is 0 Å². The summed E-state index contributed by atoms with van der Waals surface area (Å²) >= 11 is 0. The summed E-state index contributed by atoms with van der Waals surface area (Å²) in [6.07, 6.45) is -10.6. The van der Waals surface area contributed by atoms with Gasteiger partial charge < -0.3 is 75.8 Å². The van der Waals surface area contributed by atoms with Gasteiger partial charge in [-0.15, -0.1) is 0 Å². The molecule has 0 bridgehead atoms. The van der Waals surface area contributed by atoms with Crippen LogP contribution in [0, 0.1) is 0 Å². The molecule has 0 aliphatic carbocycles. The molecule has 2 aliphatic rings. The van der Waals surface area contributed by atoms with Crippen molar-refractivity contribution >= 4 is 6.29 Å². The van der Waals surface area contributed by atoms with Crippen molar-refractivity contribution in [2.75, 3.05) is 98.0 Å². The molecule has 266 valence electrons. The molecule has 2 fully saturated rings. The Morgan fingerprint density at radius 1 is 0.556 bits per heavy atom. The summed E-state index contributed by atoms with van der Waals surface area (Å²) in [4.78, 5) is 11.9. The van der Waals surface area contributed by atoms with Crippen LogP contribution in [0.2, 0.25) is 0 Å². The van der Waals surface area contributed by atoms with E-state index in [9.17, 15) is 4.79 Å². The van der Waals surface area contributed by atoms with Gasteiger partial charge in [0.05, 0.1) is 19.8 Å². The van der Waals surface area contributed by atoms with Gasteiger partial charge >= 0.3 is 0 Å². The van der Waals surface area contributed by atoms with Crippen molar-refractivity contribution in [3.8, 4) is 0 Å². The first-order valence-corrected chi connectivity index (χ1v) is 14.6. The minimum Gasteiger partial charge on any atom is -0.382 e. The molecule has 14 atom stereocenters. The van der Waals surface area contributed by atoms with Gasteiger partial charge in [-0.2, -0.15) is 0 Å². The lowest BCUT2D eigenvalue weighted by molar-refractivity contribution is -0.376. The number of aldehydes is 1. The summed E-state index contributed by atoms with van der Waals surface area (Å²) < 4.78 is 88.2. The molecule has 0 radical (unpaired) electrons. The van der Waals surface area contributed by atoms with E-state index in [-0.39, 0.29) is 19.8 Å². The molecule has 16 nitrogen and oxygen atoms in total. The van der Waals surface area contributed by atoms with Gasteiger partial charge in [-0.25, -0.2) is 0 Å². The monoisotopic (exact) mass is 658 g/mol. The third-order valence-corrected chi connectivity index (χ3v) is 8.11. The number of carbonyl (C=O) groups is 1. The maximum Gasteiger partial charge on any atom is 0.187 e. The van der Waals surface area contributed by atoms with Crippen LogP contribution >= 0.6 is 0 Å². The Labute approximate surface area is 266 Å². The fourth-order valence-electron chi connectivity index (χ4n) is 5.93. The van der Waals surface area contributed by atoms with E-state index in [2.05, 4.69) is 0 Å². The predicted octanol–water partition coefficient (Wildman–Crippen LogP) is -0.535. The van der Waals surface area contributed by atoms with Gasteiger partial charge in [-0.1, -0.05) is 0 Å². The maximum absolute atomic E-state index is 11.9. The molecule has 2 rings (SSSR count). The molecule has 0 N–H and O–H groups in total. The first kappa shape index (κ1) is 40.2. The zero-order valence-electron chi connectivity index (χ0n) is 28.3. The molecule has 16 heteroatoms. The summed E-state index contributed by atoms with van der Waals surface area (Å²) in [7, 11) is 16.6. The Morgan fingerprint density at radius 2 is 1.07 bits per heavy atom. The summed E-state index contributed by atoms with van der Waals surface area (Å²) in [5, 5.41) is 0. The van der Waals surface area contributed by atoms with Crippen molar-refractivity contribution in [3.63, 3.8) is 0 Å². The second-order valence-corrected chi connectivity index (χ2v) is 10.5. The molecule has 2 heterocycles. The summed E-state index contributed by atoms with van der Waals surface area (Å²) in [5.41, 5.74) is 0. The zero-order chi connectivity index (χ0) is 33.5. The molecule has 10 unspecified atom stereocenters. The van der Waals surface area contributed by atoms with E-state index in [0.717, 1.165) is 0 Å². The molecular formula is C29H54O16. The first-order valence-electron chi connectivity index (χ1n) is 14.6. The Hall–Kier alpha value is -0.930. The average molecular weight is 659 g/mol. The van der Waals surface area contributed by atoms with Crippen LogP contribution in [-0.2, 0) is 75.8 Å². The standard InChI is InChI=1S/C29H54O16/c1-31-13-17(35-5)23(20(36-6)16(12-30)34-4)44-29-27(41-11)25(22(38-8)19(43-29)15-33-3)45-28-26(40-10)24(39-9)21(37-7)18(42-28)14-32-2/h12,16-29H,13-15H2,1-11H3/t16?,17?,18-,19?,20?,21-,22?,23?,24+,25?,26-,27?,28?,29?/m1/s1. The Balaban J connectivity index is 2.56. The number of ether oxygens (including phenoxy) is 15. The van der Waals surface area contributed by atoms with Gasteiger partial charge in [0, 0.05) is 78.2 Å². The van der Waals surface area contributed by atoms with Crippen LogP contribution in [0.5, 0.6) is 0 Å². The fraction of sp³-hybridized carbons (Fsp3) is 0.966. The Morgan fingerprint density at radius 3 is 1.49 bits per heavy atom. The summed E-state index contributed by atoms with van der Waals surface area (Å²) in [6.45, 7) is 0.428. The molecule has 0 aromatic carbocycles. The maximum atomic E-state index is 11.9. The van der Waals surface area contributed by atoms with Crippen LogP contribution in [0.15, 0.2) is 0 Å². The number of rotatable bonds is 22. The highest BCUT2D eigenvalue weighted by Gasteiger charge is 2.54. The lowest BCUT2D eigenvalue weighted by Gasteiger charge is -2.50. The van der Waals surface area contributed by atoms with Crippen LogP contribution in [0.3, 0.4) is 0 Å². The molecule has 0 saturated carbocycles. The van der Waals surface area contributed by atoms with E-state index in [1.807, 2.05) is 0 Å². The SMILES string of the molecule is COCC(OC)C(OC1OC(COC)C(OC)C(OC2O[C@H](COC)[C@@H](OC)[C@H](OC)[C@H]2OC)C1OC)C(OC)C(C=O)OC. The van der Waals surface area contributed by atoms with Crippen molar-refractivity contribution in [2.24, 2.45) is 0 Å². The summed E-state index contributed by atoms with van der Waals surface area (Å²) in [5.74, 6) is 0. The second-order valence-electron chi connectivity index (χ2n) is 10.5. The van der Waals surface area contributed by atoms with Crippen LogP contribution in [0.4, 0.5) is 0 Å². The molecule has 0 amide bonds. The largest absolute Gasteiger partial charge is 0.382 e. The van der Waals surface area contributed by atoms with E-state index in [1.54, 1.807) is 21.3 Å². The molecule has 2 aliphatic heterocycles. The topological polar surface area (TPSA) is 156 Å². The highest BCUT2D eigenvalue weighted by atomic mass is 16.8. The van der Waals surface area contributed by atoms with Crippen molar-refractivity contribution in [2.45, 2.75) is 85.8 Å².